The molecule has 0 aliphatic heterocycles. The summed E-state index contributed by atoms with van der Waals surface area (Å²) < 4.78 is 33.9. The highest BCUT2D eigenvalue weighted by Crippen LogP contribution is 2.24. The summed E-state index contributed by atoms with van der Waals surface area (Å²) in [6.07, 6.45) is 1.61. The van der Waals surface area contributed by atoms with Crippen LogP contribution in [0.4, 0.5) is 0 Å². The molecule has 0 radical (unpaired) electrons. The van der Waals surface area contributed by atoms with Gasteiger partial charge < -0.3 is 4.18 Å². The molecule has 5 nitrogen and oxygen atoms in total. The summed E-state index contributed by atoms with van der Waals surface area (Å²) in [6.45, 7) is 0. The first-order chi connectivity index (χ1) is 10.7. The Morgan fingerprint density at radius 1 is 0.864 bits per heavy atom. The number of pyridine rings is 1. The fourth-order valence-corrected chi connectivity index (χ4v) is 3.34. The second kappa shape index (κ2) is 6.78. The van der Waals surface area contributed by atoms with Crippen LogP contribution < -0.4 is 4.18 Å². The molecule has 1 heterocycles. The lowest BCUT2D eigenvalue weighted by atomic mass is 10.2. The highest BCUT2D eigenvalue weighted by molar-refractivity contribution is 7.91. The number of para-hydroxylation sites is 1. The Hall–Kier alpha value is -2.09. The first kappa shape index (κ1) is 14.8. The first-order valence-electron chi connectivity index (χ1n) is 6.33. The van der Waals surface area contributed by atoms with Gasteiger partial charge in [-0.3, -0.25) is 4.98 Å². The summed E-state index contributed by atoms with van der Waals surface area (Å²) in [5.41, 5.74) is 0.562. The predicted octanol–water partition coefficient (Wildman–Crippen LogP) is 2.93. The maximum absolute atomic E-state index is 11.9. The van der Waals surface area contributed by atoms with Crippen molar-refractivity contribution in [3.63, 3.8) is 0 Å². The van der Waals surface area contributed by atoms with Crippen LogP contribution in [0.2, 0.25) is 0 Å². The van der Waals surface area contributed by atoms with Crippen molar-refractivity contribution in [2.24, 2.45) is 0 Å². The molecule has 1 aromatic heterocycles. The van der Waals surface area contributed by atoms with Gasteiger partial charge in [-0.05, 0) is 24.3 Å². The van der Waals surface area contributed by atoms with Gasteiger partial charge in [0.1, 0.15) is 5.52 Å². The summed E-state index contributed by atoms with van der Waals surface area (Å²) in [5, 5.41) is 0.848. The van der Waals surface area contributed by atoms with Crippen LogP contribution in [0, 0.1) is 0 Å². The lowest BCUT2D eigenvalue weighted by molar-refractivity contribution is 0.475. The topological polar surface area (TPSA) is 65.5 Å². The van der Waals surface area contributed by atoms with Crippen LogP contribution in [0.1, 0.15) is 0 Å². The molecule has 0 spiro atoms. The van der Waals surface area contributed by atoms with Crippen molar-refractivity contribution in [1.29, 1.82) is 0 Å². The molecule has 0 N–H and O–H groups in total. The summed E-state index contributed by atoms with van der Waals surface area (Å²) in [6, 6.07) is 17.4. The van der Waals surface area contributed by atoms with Gasteiger partial charge in [-0.2, -0.15) is 7.84 Å². The van der Waals surface area contributed by atoms with E-state index in [0.29, 0.717) is 16.2 Å². The largest absolute Gasteiger partial charge is 0.377 e. The molecule has 2 aromatic carbocycles. The van der Waals surface area contributed by atoms with E-state index in [1.807, 2.05) is 12.1 Å². The summed E-state index contributed by atoms with van der Waals surface area (Å²) in [4.78, 5) is 4.59. The standard InChI is InChI=1S/C15H11NO4S2/c17-21(13-8-2-1-3-9-13)20-22(18)19-14-10-4-6-12-7-5-11-16-15(12)14/h1-11H. The van der Waals surface area contributed by atoms with Crippen molar-refractivity contribution in [3.05, 3.63) is 66.9 Å². The molecule has 0 saturated heterocycles. The number of hydrogen-bond donors (Lipinski definition) is 0. The molecule has 2 atom stereocenters. The van der Waals surface area contributed by atoms with E-state index in [1.165, 1.54) is 0 Å². The summed E-state index contributed by atoms with van der Waals surface area (Å²) in [5.74, 6) is 0.307. The Morgan fingerprint density at radius 2 is 1.64 bits per heavy atom. The van der Waals surface area contributed by atoms with E-state index in [2.05, 4.69) is 4.98 Å². The van der Waals surface area contributed by atoms with Gasteiger partial charge in [0, 0.05) is 11.6 Å². The Bertz CT molecular complexity index is 834. The maximum atomic E-state index is 11.9. The van der Waals surface area contributed by atoms with Crippen LogP contribution in [0.25, 0.3) is 10.9 Å². The summed E-state index contributed by atoms with van der Waals surface area (Å²) >= 11 is -4.06. The zero-order chi connectivity index (χ0) is 15.4. The third-order valence-electron chi connectivity index (χ3n) is 2.81. The van der Waals surface area contributed by atoms with Gasteiger partial charge in [0.2, 0.25) is 11.1 Å². The average Bonchev–Trinajstić information content (AvgIpc) is 2.56. The lowest BCUT2D eigenvalue weighted by Gasteiger charge is -2.06. The van der Waals surface area contributed by atoms with Crippen molar-refractivity contribution in [2.45, 2.75) is 4.90 Å². The molecule has 112 valence electrons. The molecule has 0 fully saturated rings. The molecule has 0 bridgehead atoms. The molecule has 0 saturated carbocycles. The number of aromatic nitrogens is 1. The fraction of sp³-hybridized carbons (Fsp3) is 0. The number of benzene rings is 2. The van der Waals surface area contributed by atoms with Gasteiger partial charge in [-0.1, -0.05) is 36.4 Å². The molecule has 3 aromatic rings. The van der Waals surface area contributed by atoms with E-state index in [-0.39, 0.29) is 0 Å². The van der Waals surface area contributed by atoms with Crippen molar-refractivity contribution < 1.29 is 16.2 Å². The molecule has 0 amide bonds. The zero-order valence-electron chi connectivity index (χ0n) is 11.2. The van der Waals surface area contributed by atoms with E-state index in [9.17, 15) is 8.42 Å². The van der Waals surface area contributed by atoms with Crippen LogP contribution in [-0.4, -0.2) is 13.4 Å². The maximum Gasteiger partial charge on any atom is 0.374 e. The molecular weight excluding hydrogens is 322 g/mol. The van der Waals surface area contributed by atoms with Crippen LogP contribution in [0.5, 0.6) is 5.75 Å². The van der Waals surface area contributed by atoms with Crippen molar-refractivity contribution in [1.82, 2.24) is 4.98 Å². The monoisotopic (exact) mass is 333 g/mol. The van der Waals surface area contributed by atoms with Gasteiger partial charge in [-0.25, -0.2) is 4.21 Å². The van der Waals surface area contributed by atoms with Crippen molar-refractivity contribution in [3.8, 4) is 5.75 Å². The van der Waals surface area contributed by atoms with Gasteiger partial charge in [-0.15, -0.1) is 0 Å². The second-order valence-electron chi connectivity index (χ2n) is 4.23. The quantitative estimate of drug-likeness (QED) is 0.718. The van der Waals surface area contributed by atoms with Gasteiger partial charge in [0.05, 0.1) is 4.90 Å². The van der Waals surface area contributed by atoms with E-state index in [1.54, 1.807) is 54.7 Å². The molecule has 2 unspecified atom stereocenters. The Labute approximate surface area is 132 Å². The smallest absolute Gasteiger partial charge is 0.374 e. The lowest BCUT2D eigenvalue weighted by Crippen LogP contribution is -2.08. The highest BCUT2D eigenvalue weighted by Gasteiger charge is 2.13. The van der Waals surface area contributed by atoms with Crippen molar-refractivity contribution >= 4 is 33.3 Å². The minimum absolute atomic E-state index is 0.307. The minimum atomic E-state index is -2.20. The minimum Gasteiger partial charge on any atom is -0.377 e. The number of fused-ring (bicyclic) bond motifs is 1. The molecular formula is C15H11NO4S2. The Morgan fingerprint density at radius 3 is 2.45 bits per heavy atom. The summed E-state index contributed by atoms with van der Waals surface area (Å²) in [7, 11) is 0. The molecule has 0 aliphatic rings. The van der Waals surface area contributed by atoms with Gasteiger partial charge in [0.25, 0.3) is 0 Å². The van der Waals surface area contributed by atoms with Gasteiger partial charge in [0.15, 0.2) is 5.75 Å². The number of hydrogen-bond acceptors (Lipinski definition) is 5. The Balaban J connectivity index is 1.75. The van der Waals surface area contributed by atoms with E-state index >= 15 is 0 Å². The molecule has 3 rings (SSSR count). The number of nitrogens with zero attached hydrogens (tertiary/aromatic N) is 1. The highest BCUT2D eigenvalue weighted by atomic mass is 32.3. The van der Waals surface area contributed by atoms with Crippen LogP contribution in [-0.2, 0) is 26.1 Å². The average molecular weight is 333 g/mol. The Kier molecular flexibility index (Phi) is 4.57. The van der Waals surface area contributed by atoms with Crippen LogP contribution in [0.15, 0.2) is 71.8 Å². The first-order valence-corrected chi connectivity index (χ1v) is 8.41. The van der Waals surface area contributed by atoms with E-state index < -0.39 is 22.4 Å². The van der Waals surface area contributed by atoms with E-state index in [4.69, 9.17) is 7.81 Å². The molecule has 22 heavy (non-hydrogen) atoms. The third kappa shape index (κ3) is 3.38. The van der Waals surface area contributed by atoms with Crippen LogP contribution >= 0.6 is 0 Å². The van der Waals surface area contributed by atoms with E-state index in [0.717, 1.165) is 5.39 Å². The zero-order valence-corrected chi connectivity index (χ0v) is 12.9. The normalized spacial score (nSPS) is 13.6. The van der Waals surface area contributed by atoms with Crippen molar-refractivity contribution in [2.75, 3.05) is 0 Å². The SMILES string of the molecule is O=S(Oc1cccc2cccnc12)OS(=O)c1ccccc1. The third-order valence-corrected chi connectivity index (χ3v) is 4.72. The second-order valence-corrected chi connectivity index (χ2v) is 6.29. The van der Waals surface area contributed by atoms with Gasteiger partial charge >= 0.3 is 11.4 Å². The van der Waals surface area contributed by atoms with Crippen LogP contribution in [0.3, 0.4) is 0 Å². The fourth-order valence-electron chi connectivity index (χ4n) is 1.85. The molecule has 0 aliphatic carbocycles. The predicted molar refractivity (Wildman–Crippen MR) is 84.4 cm³/mol. The molecule has 7 heteroatoms. The number of rotatable bonds is 5.